The molecule has 2 aromatic heterocycles. The van der Waals surface area contributed by atoms with Gasteiger partial charge in [-0.1, -0.05) is 18.2 Å². The first-order valence-corrected chi connectivity index (χ1v) is 13.4. The minimum Gasteiger partial charge on any atom is -0.467 e. The van der Waals surface area contributed by atoms with Crippen LogP contribution >= 0.6 is 0 Å². The third kappa shape index (κ3) is 6.64. The molecule has 12 nitrogen and oxygen atoms in total. The van der Waals surface area contributed by atoms with E-state index in [2.05, 4.69) is 31.4 Å². The Kier molecular flexibility index (Phi) is 8.76. The number of nitrogens with zero attached hydrogens (tertiary/aromatic N) is 7. The van der Waals surface area contributed by atoms with E-state index in [1.54, 1.807) is 24.4 Å². The Balaban J connectivity index is 1.37. The van der Waals surface area contributed by atoms with E-state index < -0.39 is 0 Å². The maximum Gasteiger partial charge on any atom is 0.328 e. The number of carbonyl (C=O) groups is 1. The molecule has 2 saturated heterocycles. The van der Waals surface area contributed by atoms with Crippen molar-refractivity contribution in [2.75, 3.05) is 37.1 Å². The smallest absolute Gasteiger partial charge is 0.328 e. The highest BCUT2D eigenvalue weighted by atomic mass is 16.5. The molecule has 3 N–H and O–H groups in total. The number of nitriles is 1. The summed E-state index contributed by atoms with van der Waals surface area (Å²) in [5.41, 5.74) is 3.47. The number of pyridine rings is 1. The molecule has 0 amide bonds. The molecule has 0 aliphatic carbocycles. The highest BCUT2D eigenvalue weighted by molar-refractivity contribution is 6.37. The van der Waals surface area contributed by atoms with E-state index >= 15 is 0 Å². The first kappa shape index (κ1) is 27.7. The Bertz CT molecular complexity index is 1490. The van der Waals surface area contributed by atoms with Gasteiger partial charge < -0.3 is 25.5 Å². The molecule has 2 atom stereocenters. The number of methoxy groups -OCH3 is 1. The molecular weight excluding hydrogens is 522 g/mol. The van der Waals surface area contributed by atoms with Crippen LogP contribution in [-0.4, -0.2) is 71.8 Å². The number of benzene rings is 1. The van der Waals surface area contributed by atoms with E-state index in [0.29, 0.717) is 47.6 Å². The van der Waals surface area contributed by atoms with Gasteiger partial charge in [-0.15, -0.1) is 0 Å². The molecule has 41 heavy (non-hydrogen) atoms. The average Bonchev–Trinajstić information content (AvgIpc) is 3.72. The van der Waals surface area contributed by atoms with Crippen molar-refractivity contribution in [3.05, 3.63) is 65.5 Å². The van der Waals surface area contributed by atoms with Crippen LogP contribution in [0.15, 0.2) is 58.6 Å². The van der Waals surface area contributed by atoms with Gasteiger partial charge in [-0.2, -0.15) is 10.4 Å². The summed E-state index contributed by atoms with van der Waals surface area (Å²) in [6.45, 7) is 2.25. The van der Waals surface area contributed by atoms with Gasteiger partial charge >= 0.3 is 5.97 Å². The van der Waals surface area contributed by atoms with E-state index in [1.807, 2.05) is 35.2 Å². The van der Waals surface area contributed by atoms with Crippen LogP contribution in [0.25, 0.3) is 11.3 Å². The fourth-order valence-corrected chi connectivity index (χ4v) is 4.90. The monoisotopic (exact) mass is 553 g/mol. The van der Waals surface area contributed by atoms with Crippen molar-refractivity contribution in [2.45, 2.75) is 37.9 Å². The van der Waals surface area contributed by atoms with Gasteiger partial charge in [-0.05, 0) is 49.6 Å². The third-order valence-corrected chi connectivity index (χ3v) is 6.96. The zero-order valence-corrected chi connectivity index (χ0v) is 22.7. The van der Waals surface area contributed by atoms with Gasteiger partial charge in [0.1, 0.15) is 17.6 Å². The highest BCUT2D eigenvalue weighted by Gasteiger charge is 2.32. The Morgan fingerprint density at radius 2 is 2.12 bits per heavy atom. The molecule has 3 aromatic rings. The lowest BCUT2D eigenvalue weighted by Gasteiger charge is -2.23. The van der Waals surface area contributed by atoms with Crippen molar-refractivity contribution in [1.82, 2.24) is 15.0 Å². The molecule has 0 radical (unpaired) electrons. The van der Waals surface area contributed by atoms with Crippen LogP contribution in [0.2, 0.25) is 0 Å². The fraction of sp³-hybridized carbons (Fsp3) is 0.345. The van der Waals surface area contributed by atoms with Crippen LogP contribution in [0, 0.1) is 11.3 Å². The maximum absolute atomic E-state index is 12.2. The Morgan fingerprint density at radius 3 is 2.90 bits per heavy atom. The van der Waals surface area contributed by atoms with Crippen molar-refractivity contribution in [3.63, 3.8) is 0 Å². The van der Waals surface area contributed by atoms with Crippen LogP contribution in [0.1, 0.15) is 36.2 Å². The predicted molar refractivity (Wildman–Crippen MR) is 155 cm³/mol. The molecule has 0 spiro atoms. The van der Waals surface area contributed by atoms with E-state index in [1.165, 1.54) is 7.11 Å². The topological polar surface area (TPSA) is 164 Å². The van der Waals surface area contributed by atoms with Gasteiger partial charge in [0.05, 0.1) is 61.2 Å². The summed E-state index contributed by atoms with van der Waals surface area (Å²) >= 11 is 0. The molecule has 2 aliphatic heterocycles. The lowest BCUT2D eigenvalue weighted by Crippen LogP contribution is -2.37. The average molecular weight is 554 g/mol. The van der Waals surface area contributed by atoms with Gasteiger partial charge in [0.15, 0.2) is 0 Å². The van der Waals surface area contributed by atoms with Crippen LogP contribution < -0.4 is 16.1 Å². The third-order valence-electron chi connectivity index (χ3n) is 6.96. The Labute approximate surface area is 237 Å². The number of hydrogen-bond donors (Lipinski definition) is 2. The molecule has 12 heteroatoms. The molecule has 1 aromatic carbocycles. The fourth-order valence-electron chi connectivity index (χ4n) is 4.90. The Morgan fingerprint density at radius 1 is 1.24 bits per heavy atom. The summed E-state index contributed by atoms with van der Waals surface area (Å²) in [5.74, 6) is 6.65. The quantitative estimate of drug-likeness (QED) is 0.174. The van der Waals surface area contributed by atoms with Crippen LogP contribution in [0.4, 0.5) is 11.8 Å². The standard InChI is InChI=1S/C29H31N9O3/c1-40-28(39)26-8-4-11-38(26)27-9-3-7-21(33-27)16-32-17-25(37-31)24-14-23(20-6-2-5-19(13-20)15-30)35-29(36-24)34-22-10-12-41-18-22/h2-3,5-7,9,13-14,17,22,26H,4,8,10-12,16,18,31H2,1H3,(H,34,35,36)/t22-,26-/m1/s1. The van der Waals surface area contributed by atoms with Gasteiger partial charge in [0.25, 0.3) is 0 Å². The number of rotatable bonds is 9. The molecule has 0 saturated carbocycles. The highest BCUT2D eigenvalue weighted by Crippen LogP contribution is 2.25. The first-order chi connectivity index (χ1) is 20.1. The summed E-state index contributed by atoms with van der Waals surface area (Å²) in [6, 6.07) is 16.5. The zero-order valence-electron chi connectivity index (χ0n) is 22.7. The second-order valence-electron chi connectivity index (χ2n) is 9.71. The molecule has 0 unspecified atom stereocenters. The zero-order chi connectivity index (χ0) is 28.6. The van der Waals surface area contributed by atoms with Gasteiger partial charge in [0, 0.05) is 18.7 Å². The normalized spacial score (nSPS) is 18.9. The summed E-state index contributed by atoms with van der Waals surface area (Å²) < 4.78 is 10.4. The van der Waals surface area contributed by atoms with Crippen LogP contribution in [-0.2, 0) is 20.8 Å². The van der Waals surface area contributed by atoms with Gasteiger partial charge in [-0.3, -0.25) is 4.99 Å². The summed E-state index contributed by atoms with van der Waals surface area (Å²) in [4.78, 5) is 32.8. The largest absolute Gasteiger partial charge is 0.467 e. The molecule has 0 bridgehead atoms. The van der Waals surface area contributed by atoms with Gasteiger partial charge in [0.2, 0.25) is 5.95 Å². The minimum absolute atomic E-state index is 0.0863. The minimum atomic E-state index is -0.332. The van der Waals surface area contributed by atoms with Crippen LogP contribution in [0.5, 0.6) is 0 Å². The lowest BCUT2D eigenvalue weighted by atomic mass is 10.1. The van der Waals surface area contributed by atoms with Crippen LogP contribution in [0.3, 0.4) is 0 Å². The lowest BCUT2D eigenvalue weighted by molar-refractivity contribution is -0.141. The molecule has 210 valence electrons. The van der Waals surface area contributed by atoms with E-state index in [9.17, 15) is 10.1 Å². The number of carbonyl (C=O) groups excluding carboxylic acids is 1. The second-order valence-corrected chi connectivity index (χ2v) is 9.71. The van der Waals surface area contributed by atoms with Crippen molar-refractivity contribution in [3.8, 4) is 17.3 Å². The second kappa shape index (κ2) is 13.0. The van der Waals surface area contributed by atoms with Crippen molar-refractivity contribution in [1.29, 1.82) is 5.26 Å². The summed E-state index contributed by atoms with van der Waals surface area (Å²) in [6.07, 6.45) is 4.03. The summed E-state index contributed by atoms with van der Waals surface area (Å²) in [7, 11) is 1.40. The number of anilines is 2. The molecule has 2 fully saturated rings. The number of aromatic nitrogens is 3. The predicted octanol–water partition coefficient (Wildman–Crippen LogP) is 2.69. The van der Waals surface area contributed by atoms with Crippen molar-refractivity contribution in [2.24, 2.45) is 15.9 Å². The van der Waals surface area contributed by atoms with Crippen molar-refractivity contribution < 1.29 is 14.3 Å². The van der Waals surface area contributed by atoms with Crippen molar-refractivity contribution >= 4 is 29.7 Å². The number of aliphatic imine (C=N–C) groups is 1. The number of esters is 1. The number of ether oxygens (including phenoxy) is 2. The maximum atomic E-state index is 12.2. The number of hydrogen-bond acceptors (Lipinski definition) is 12. The van der Waals surface area contributed by atoms with E-state index in [-0.39, 0.29) is 24.6 Å². The van der Waals surface area contributed by atoms with Gasteiger partial charge in [-0.25, -0.2) is 19.7 Å². The molecular formula is C29H31N9O3. The number of nitrogens with two attached hydrogens (primary N) is 1. The summed E-state index contributed by atoms with van der Waals surface area (Å²) in [5, 5.41) is 16.6. The Hall–Kier alpha value is -4.89. The number of nitrogens with one attached hydrogen (secondary N) is 1. The molecule has 5 rings (SSSR count). The molecule has 4 heterocycles. The first-order valence-electron chi connectivity index (χ1n) is 13.4. The SMILES string of the molecule is COC(=O)[C@H]1CCCN1c1cccc(CN=CC(=NN)c2cc(-c3cccc(C#N)c3)nc(N[C@@H]3CCOC3)n2)n1. The van der Waals surface area contributed by atoms with E-state index in [4.69, 9.17) is 20.3 Å². The number of hydrazone groups is 1. The van der Waals surface area contributed by atoms with E-state index in [0.717, 1.165) is 37.1 Å². The molecule has 2 aliphatic rings.